The molecule has 0 saturated carbocycles. The summed E-state index contributed by atoms with van der Waals surface area (Å²) in [4.78, 5) is 36.0. The molecule has 0 atom stereocenters. The van der Waals surface area contributed by atoms with E-state index in [-0.39, 0.29) is 28.9 Å². The first-order valence-corrected chi connectivity index (χ1v) is 12.3. The van der Waals surface area contributed by atoms with Crippen LogP contribution in [0.2, 0.25) is 0 Å². The molecule has 35 heavy (non-hydrogen) atoms. The summed E-state index contributed by atoms with van der Waals surface area (Å²) in [5, 5.41) is 2.17. The smallest absolute Gasteiger partial charge is 0.312 e. The largest absolute Gasteiger partial charge is 0.335 e. The van der Waals surface area contributed by atoms with Crippen molar-refractivity contribution in [1.82, 2.24) is 13.5 Å². The van der Waals surface area contributed by atoms with Gasteiger partial charge >= 0.3 is 5.69 Å². The number of nitrogens with zero attached hydrogens (tertiary/aromatic N) is 3. The maximum absolute atomic E-state index is 12.3. The van der Waals surface area contributed by atoms with Crippen LogP contribution in [0, 0.1) is 0 Å². The Kier molecular flexibility index (Phi) is 7.83. The van der Waals surface area contributed by atoms with Gasteiger partial charge < -0.3 is 4.57 Å². The van der Waals surface area contributed by atoms with E-state index in [1.54, 1.807) is 15.0 Å². The van der Waals surface area contributed by atoms with Crippen molar-refractivity contribution >= 4 is 16.3 Å². The predicted octanol–water partition coefficient (Wildman–Crippen LogP) is 5.87. The van der Waals surface area contributed by atoms with Crippen molar-refractivity contribution in [3.8, 4) is 0 Å². The number of hydrogen-bond acceptors (Lipinski definition) is 3. The first kappa shape index (κ1) is 26.2. The van der Waals surface area contributed by atoms with E-state index in [1.807, 2.05) is 58.3 Å². The Bertz CT molecular complexity index is 1520. The number of pyridine rings is 2. The van der Waals surface area contributed by atoms with E-state index in [9.17, 15) is 14.4 Å². The van der Waals surface area contributed by atoms with Crippen molar-refractivity contribution in [2.24, 2.45) is 0 Å². The van der Waals surface area contributed by atoms with Gasteiger partial charge in [0.2, 0.25) is 0 Å². The highest BCUT2D eigenvalue weighted by Gasteiger charge is 2.10. The minimum Gasteiger partial charge on any atom is -0.312 e. The topological polar surface area (TPSA) is 65.5 Å². The lowest BCUT2D eigenvalue weighted by atomic mass is 10.0. The molecule has 0 aliphatic rings. The van der Waals surface area contributed by atoms with Gasteiger partial charge in [0.05, 0.1) is 5.52 Å². The van der Waals surface area contributed by atoms with Crippen LogP contribution in [0.1, 0.15) is 90.4 Å². The number of fused-ring (bicyclic) bond motifs is 2. The van der Waals surface area contributed by atoms with Crippen LogP contribution in [0.4, 0.5) is 0 Å². The Balaban J connectivity index is 0.000000196. The maximum Gasteiger partial charge on any atom is 0.335 e. The molecule has 0 saturated heterocycles. The molecule has 0 spiro atoms. The van der Waals surface area contributed by atoms with E-state index in [0.717, 1.165) is 16.3 Å². The molecule has 4 aromatic rings. The molecule has 0 bridgehead atoms. The van der Waals surface area contributed by atoms with Crippen LogP contribution >= 0.6 is 0 Å². The molecular formula is C29H37N3O3. The summed E-state index contributed by atoms with van der Waals surface area (Å²) in [6.45, 7) is 16.2. The van der Waals surface area contributed by atoms with E-state index in [2.05, 4.69) is 39.8 Å². The van der Waals surface area contributed by atoms with Crippen LogP contribution in [0.3, 0.4) is 0 Å². The van der Waals surface area contributed by atoms with Crippen molar-refractivity contribution in [3.63, 3.8) is 0 Å². The van der Waals surface area contributed by atoms with Gasteiger partial charge in [0, 0.05) is 36.6 Å². The van der Waals surface area contributed by atoms with Gasteiger partial charge in [0.15, 0.2) is 0 Å². The number of benzene rings is 1. The van der Waals surface area contributed by atoms with Gasteiger partial charge in [-0.15, -0.1) is 0 Å². The molecule has 186 valence electrons. The molecule has 6 nitrogen and oxygen atoms in total. The summed E-state index contributed by atoms with van der Waals surface area (Å²) in [7, 11) is 0. The fourth-order valence-electron chi connectivity index (χ4n) is 4.06. The minimum absolute atomic E-state index is 0.0739. The van der Waals surface area contributed by atoms with Gasteiger partial charge in [-0.3, -0.25) is 18.6 Å². The average molecular weight is 476 g/mol. The minimum atomic E-state index is -0.269. The van der Waals surface area contributed by atoms with Crippen LogP contribution in [0.25, 0.3) is 16.3 Å². The summed E-state index contributed by atoms with van der Waals surface area (Å²) in [5.74, 6) is 0.861. The van der Waals surface area contributed by atoms with E-state index >= 15 is 0 Å². The van der Waals surface area contributed by atoms with Crippen molar-refractivity contribution < 1.29 is 0 Å². The summed E-state index contributed by atoms with van der Waals surface area (Å²) in [5.41, 5.74) is 2.60. The van der Waals surface area contributed by atoms with E-state index in [1.165, 1.54) is 16.2 Å². The zero-order valence-electron chi connectivity index (χ0n) is 22.1. The van der Waals surface area contributed by atoms with Crippen LogP contribution < -0.4 is 16.8 Å². The van der Waals surface area contributed by atoms with Gasteiger partial charge in [-0.25, -0.2) is 4.79 Å². The molecule has 0 N–H and O–H groups in total. The fourth-order valence-corrected chi connectivity index (χ4v) is 4.06. The Labute approximate surface area is 206 Å². The van der Waals surface area contributed by atoms with Crippen LogP contribution in [0.5, 0.6) is 0 Å². The molecular weight excluding hydrogens is 438 g/mol. The van der Waals surface area contributed by atoms with E-state index in [0.29, 0.717) is 17.4 Å². The number of hydrogen-bond donors (Lipinski definition) is 0. The molecule has 0 aliphatic heterocycles. The quantitative estimate of drug-likeness (QED) is 0.371. The lowest BCUT2D eigenvalue weighted by Crippen LogP contribution is -2.38. The van der Waals surface area contributed by atoms with Crippen molar-refractivity contribution in [2.75, 3.05) is 0 Å². The average Bonchev–Trinajstić information content (AvgIpc) is 2.78. The third-order valence-electron chi connectivity index (χ3n) is 6.25. The lowest BCUT2D eigenvalue weighted by molar-refractivity contribution is 0.540. The van der Waals surface area contributed by atoms with Crippen molar-refractivity contribution in [1.29, 1.82) is 0 Å². The third-order valence-corrected chi connectivity index (χ3v) is 6.25. The highest BCUT2D eigenvalue weighted by molar-refractivity contribution is 5.82. The van der Waals surface area contributed by atoms with Gasteiger partial charge in [-0.2, -0.15) is 0 Å². The van der Waals surface area contributed by atoms with Crippen LogP contribution in [-0.4, -0.2) is 13.5 Å². The molecule has 0 aliphatic carbocycles. The van der Waals surface area contributed by atoms with E-state index < -0.39 is 0 Å². The summed E-state index contributed by atoms with van der Waals surface area (Å²) in [6.07, 6.45) is 3.79. The molecule has 4 rings (SSSR count). The molecule has 0 fully saturated rings. The number of aromatic nitrogens is 3. The Hall–Kier alpha value is -3.41. The molecule has 3 aromatic heterocycles. The zero-order chi connectivity index (χ0) is 26.0. The second-order valence-electron chi connectivity index (χ2n) is 10.3. The van der Waals surface area contributed by atoms with Crippen LogP contribution in [0.15, 0.2) is 69.2 Å². The lowest BCUT2D eigenvalue weighted by Gasteiger charge is -2.12. The second kappa shape index (κ2) is 10.5. The monoisotopic (exact) mass is 475 g/mol. The zero-order valence-corrected chi connectivity index (χ0v) is 22.1. The van der Waals surface area contributed by atoms with Crippen molar-refractivity contribution in [2.45, 2.75) is 79.3 Å². The van der Waals surface area contributed by atoms with Crippen molar-refractivity contribution in [3.05, 3.63) is 97.2 Å². The molecule has 6 heteroatoms. The summed E-state index contributed by atoms with van der Waals surface area (Å²) < 4.78 is 4.61. The second-order valence-corrected chi connectivity index (χ2v) is 10.3. The first-order chi connectivity index (χ1) is 16.4. The van der Waals surface area contributed by atoms with E-state index in [4.69, 9.17) is 0 Å². The predicted molar refractivity (Wildman–Crippen MR) is 145 cm³/mol. The van der Waals surface area contributed by atoms with Gasteiger partial charge in [-0.05, 0) is 73.6 Å². The molecule has 1 aromatic carbocycles. The SMILES string of the molecule is CC(C)c1ccc2cc(=O)n(C(C)C)c(=O)n2c1.CC(C)c1ccc2cc(=O)n(C(C)C)cc2c1. The van der Waals surface area contributed by atoms with Crippen LogP contribution in [-0.2, 0) is 0 Å². The van der Waals surface area contributed by atoms with Gasteiger partial charge in [0.25, 0.3) is 11.1 Å². The van der Waals surface area contributed by atoms with Gasteiger partial charge in [-0.1, -0.05) is 45.9 Å². The number of rotatable bonds is 4. The Morgan fingerprint density at radius 3 is 1.80 bits per heavy atom. The standard InChI is InChI=1S/C15H19NO.C14H18N2O2/c1-10(2)12-5-6-13-8-15(17)16(11(3)4)9-14(13)7-12;1-9(2)11-5-6-12-7-13(17)16(10(3)4)14(18)15(12)8-11/h5-11H,1-4H3;5-10H,1-4H3. The normalized spacial score (nSPS) is 11.7. The fraction of sp³-hybridized carbons (Fsp3) is 0.414. The Morgan fingerprint density at radius 2 is 1.23 bits per heavy atom. The highest BCUT2D eigenvalue weighted by Crippen LogP contribution is 2.21. The maximum atomic E-state index is 12.3. The summed E-state index contributed by atoms with van der Waals surface area (Å²) >= 11 is 0. The molecule has 3 heterocycles. The first-order valence-electron chi connectivity index (χ1n) is 12.3. The molecule has 0 unspecified atom stereocenters. The Morgan fingerprint density at radius 1 is 0.600 bits per heavy atom. The van der Waals surface area contributed by atoms with Gasteiger partial charge in [0.1, 0.15) is 0 Å². The highest BCUT2D eigenvalue weighted by atomic mass is 16.2. The molecule has 0 amide bonds. The molecule has 0 radical (unpaired) electrons. The summed E-state index contributed by atoms with van der Waals surface area (Å²) in [6, 6.07) is 13.4. The third kappa shape index (κ3) is 5.64.